The maximum atomic E-state index is 11.6. The van der Waals surface area contributed by atoms with Crippen molar-refractivity contribution in [3.05, 3.63) is 29.8 Å². The number of hydrogen-bond donors (Lipinski definition) is 3. The normalized spacial score (nSPS) is 13.0. The largest absolute Gasteiger partial charge is 0.338 e. The molecular weight excluding hydrogens is 314 g/mol. The van der Waals surface area contributed by atoms with Gasteiger partial charge in [-0.2, -0.15) is 0 Å². The Labute approximate surface area is 139 Å². The van der Waals surface area contributed by atoms with Crippen LogP contribution in [0.3, 0.4) is 0 Å². The second-order valence-corrected chi connectivity index (χ2v) is 7.21. The van der Waals surface area contributed by atoms with Gasteiger partial charge >= 0.3 is 6.03 Å². The molecule has 0 fully saturated rings. The molecule has 0 aliphatic rings. The molecule has 0 radical (unpaired) electrons. The third-order valence-corrected chi connectivity index (χ3v) is 4.75. The predicted octanol–water partition coefficient (Wildman–Crippen LogP) is 1.64. The average Bonchev–Trinajstić information content (AvgIpc) is 2.48. The Morgan fingerprint density at radius 2 is 1.74 bits per heavy atom. The van der Waals surface area contributed by atoms with Crippen LogP contribution >= 0.6 is 0 Å². The summed E-state index contributed by atoms with van der Waals surface area (Å²) >= 11 is 0. The number of carbonyl (C=O) groups is 2. The first-order valence-corrected chi connectivity index (χ1v) is 9.21. The number of hydrogen-bond acceptors (Lipinski definition) is 3. The summed E-state index contributed by atoms with van der Waals surface area (Å²) in [6.45, 7) is 4.41. The number of anilines is 1. The van der Waals surface area contributed by atoms with Gasteiger partial charge in [-0.1, -0.05) is 19.1 Å². The van der Waals surface area contributed by atoms with Gasteiger partial charge in [0.05, 0.1) is 0 Å². The third-order valence-electron chi connectivity index (χ3n) is 3.38. The highest BCUT2D eigenvalue weighted by molar-refractivity contribution is 7.84. The van der Waals surface area contributed by atoms with Crippen LogP contribution in [-0.2, 0) is 22.0 Å². The highest BCUT2D eigenvalue weighted by atomic mass is 32.2. The molecule has 0 aliphatic heterocycles. The molecule has 1 aromatic rings. The van der Waals surface area contributed by atoms with E-state index < -0.39 is 10.8 Å². The standard InChI is InChI=1S/C16H25N3O3S/c1-12(23(3)22)8-10-17-16(21)18-11-9-14-4-6-15(7-5-14)19-13(2)20/h4-7,12H,8-11H2,1-3H3,(H,19,20)(H2,17,18,21). The van der Waals surface area contributed by atoms with E-state index in [0.29, 0.717) is 25.9 Å². The van der Waals surface area contributed by atoms with Crippen molar-refractivity contribution in [3.8, 4) is 0 Å². The van der Waals surface area contributed by atoms with E-state index in [2.05, 4.69) is 16.0 Å². The Morgan fingerprint density at radius 1 is 1.13 bits per heavy atom. The topological polar surface area (TPSA) is 87.3 Å². The molecule has 3 N–H and O–H groups in total. The average molecular weight is 339 g/mol. The molecular formula is C16H25N3O3S. The van der Waals surface area contributed by atoms with Crippen LogP contribution in [0.25, 0.3) is 0 Å². The minimum Gasteiger partial charge on any atom is -0.338 e. The summed E-state index contributed by atoms with van der Waals surface area (Å²) in [6, 6.07) is 7.30. The van der Waals surface area contributed by atoms with E-state index in [4.69, 9.17) is 0 Å². The quantitative estimate of drug-likeness (QED) is 0.673. The lowest BCUT2D eigenvalue weighted by Crippen LogP contribution is -2.38. The van der Waals surface area contributed by atoms with Crippen LogP contribution in [0.15, 0.2) is 24.3 Å². The van der Waals surface area contributed by atoms with Crippen LogP contribution in [0, 0.1) is 0 Å². The molecule has 2 unspecified atom stereocenters. The molecule has 23 heavy (non-hydrogen) atoms. The molecule has 7 heteroatoms. The van der Waals surface area contributed by atoms with Gasteiger partial charge in [0, 0.05) is 48.0 Å². The number of rotatable bonds is 8. The molecule has 128 valence electrons. The lowest BCUT2D eigenvalue weighted by atomic mass is 10.1. The van der Waals surface area contributed by atoms with Gasteiger partial charge in [-0.25, -0.2) is 4.79 Å². The fraction of sp³-hybridized carbons (Fsp3) is 0.500. The van der Waals surface area contributed by atoms with Crippen LogP contribution in [0.2, 0.25) is 0 Å². The Balaban J connectivity index is 2.21. The van der Waals surface area contributed by atoms with Crippen LogP contribution in [0.4, 0.5) is 10.5 Å². The zero-order valence-electron chi connectivity index (χ0n) is 13.8. The smallest absolute Gasteiger partial charge is 0.314 e. The van der Waals surface area contributed by atoms with E-state index in [-0.39, 0.29) is 17.2 Å². The van der Waals surface area contributed by atoms with Gasteiger partial charge < -0.3 is 16.0 Å². The van der Waals surface area contributed by atoms with Gasteiger partial charge in [0.1, 0.15) is 0 Å². The van der Waals surface area contributed by atoms with Crippen LogP contribution < -0.4 is 16.0 Å². The van der Waals surface area contributed by atoms with E-state index in [1.165, 1.54) is 6.92 Å². The van der Waals surface area contributed by atoms with E-state index in [9.17, 15) is 13.8 Å². The lowest BCUT2D eigenvalue weighted by Gasteiger charge is -2.10. The molecule has 0 saturated heterocycles. The molecule has 1 aromatic carbocycles. The SMILES string of the molecule is CC(=O)Nc1ccc(CCNC(=O)NCCC(C)S(C)=O)cc1. The Hall–Kier alpha value is -1.89. The van der Waals surface area contributed by atoms with Crippen molar-refractivity contribution < 1.29 is 13.8 Å². The number of urea groups is 1. The van der Waals surface area contributed by atoms with Crippen molar-refractivity contribution in [1.82, 2.24) is 10.6 Å². The molecule has 0 aromatic heterocycles. The van der Waals surface area contributed by atoms with E-state index in [1.54, 1.807) is 6.26 Å². The van der Waals surface area contributed by atoms with Gasteiger partial charge in [0.15, 0.2) is 0 Å². The maximum absolute atomic E-state index is 11.6. The molecule has 0 saturated carbocycles. The summed E-state index contributed by atoms with van der Waals surface area (Å²) in [6.07, 6.45) is 3.08. The van der Waals surface area contributed by atoms with Crippen molar-refractivity contribution in [3.63, 3.8) is 0 Å². The summed E-state index contributed by atoms with van der Waals surface area (Å²) in [4.78, 5) is 22.5. The third kappa shape index (κ3) is 8.35. The van der Waals surface area contributed by atoms with E-state index in [1.807, 2.05) is 31.2 Å². The maximum Gasteiger partial charge on any atom is 0.314 e. The Kier molecular flexibility index (Phi) is 8.32. The van der Waals surface area contributed by atoms with Crippen molar-refractivity contribution in [1.29, 1.82) is 0 Å². The van der Waals surface area contributed by atoms with Crippen molar-refractivity contribution in [2.75, 3.05) is 24.7 Å². The first kappa shape index (κ1) is 19.2. The first-order chi connectivity index (χ1) is 10.9. The fourth-order valence-corrected chi connectivity index (χ4v) is 2.35. The summed E-state index contributed by atoms with van der Waals surface area (Å²) in [5.41, 5.74) is 1.84. The van der Waals surface area contributed by atoms with Crippen molar-refractivity contribution in [2.45, 2.75) is 31.9 Å². The molecule has 2 atom stereocenters. The summed E-state index contributed by atoms with van der Waals surface area (Å²) in [5.74, 6) is -0.0997. The number of nitrogens with one attached hydrogen (secondary N) is 3. The Morgan fingerprint density at radius 3 is 2.30 bits per heavy atom. The van der Waals surface area contributed by atoms with Crippen LogP contribution in [0.5, 0.6) is 0 Å². The van der Waals surface area contributed by atoms with E-state index in [0.717, 1.165) is 11.3 Å². The highest BCUT2D eigenvalue weighted by Crippen LogP contribution is 2.09. The molecule has 0 aliphatic carbocycles. The minimum atomic E-state index is -0.859. The molecule has 0 spiro atoms. The molecule has 1 rings (SSSR count). The first-order valence-electron chi connectivity index (χ1n) is 7.59. The van der Waals surface area contributed by atoms with E-state index >= 15 is 0 Å². The van der Waals surface area contributed by atoms with Crippen molar-refractivity contribution in [2.24, 2.45) is 0 Å². The van der Waals surface area contributed by atoms with Gasteiger partial charge in [0.2, 0.25) is 5.91 Å². The van der Waals surface area contributed by atoms with Crippen molar-refractivity contribution >= 4 is 28.4 Å². The Bertz CT molecular complexity index is 546. The number of benzene rings is 1. The molecule has 0 bridgehead atoms. The van der Waals surface area contributed by atoms with Gasteiger partial charge in [0.25, 0.3) is 0 Å². The van der Waals surface area contributed by atoms with Gasteiger partial charge in [-0.15, -0.1) is 0 Å². The monoisotopic (exact) mass is 339 g/mol. The number of carbonyl (C=O) groups excluding carboxylic acids is 2. The second-order valence-electron chi connectivity index (χ2n) is 5.41. The summed E-state index contributed by atoms with van der Waals surface area (Å²) in [5, 5.41) is 8.33. The molecule has 0 heterocycles. The number of amides is 3. The zero-order chi connectivity index (χ0) is 17.2. The van der Waals surface area contributed by atoms with Gasteiger partial charge in [-0.3, -0.25) is 9.00 Å². The summed E-state index contributed by atoms with van der Waals surface area (Å²) in [7, 11) is -0.859. The van der Waals surface area contributed by atoms with Gasteiger partial charge in [-0.05, 0) is 30.5 Å². The van der Waals surface area contributed by atoms with Crippen LogP contribution in [-0.4, -0.2) is 40.7 Å². The zero-order valence-corrected chi connectivity index (χ0v) is 14.7. The summed E-state index contributed by atoms with van der Waals surface area (Å²) < 4.78 is 11.2. The molecule has 3 amide bonds. The minimum absolute atomic E-state index is 0.0810. The van der Waals surface area contributed by atoms with Crippen LogP contribution in [0.1, 0.15) is 25.8 Å². The predicted molar refractivity (Wildman–Crippen MR) is 94.0 cm³/mol. The lowest BCUT2D eigenvalue weighted by molar-refractivity contribution is -0.114. The highest BCUT2D eigenvalue weighted by Gasteiger charge is 2.06. The molecule has 6 nitrogen and oxygen atoms in total. The second kappa shape index (κ2) is 9.99. The fourth-order valence-electron chi connectivity index (χ4n) is 1.90.